The SMILES string of the molecule is CC.O=C(O)Cc1ccc(C2CCC(c3ccc(-c4ncc(C(F)(F)F)[nH]4)cn3)CC2)cc1. The number of H-pyrrole nitrogens is 1. The lowest BCUT2D eigenvalue weighted by Crippen LogP contribution is -2.13. The second-order valence-electron chi connectivity index (χ2n) is 7.98. The summed E-state index contributed by atoms with van der Waals surface area (Å²) in [5, 5.41) is 8.88. The summed E-state index contributed by atoms with van der Waals surface area (Å²) in [6.45, 7) is 4.00. The molecule has 4 rings (SSSR count). The smallest absolute Gasteiger partial charge is 0.432 e. The van der Waals surface area contributed by atoms with Gasteiger partial charge in [-0.2, -0.15) is 13.2 Å². The maximum Gasteiger partial charge on any atom is 0.432 e. The third-order valence-electron chi connectivity index (χ3n) is 5.89. The van der Waals surface area contributed by atoms with Crippen molar-refractivity contribution in [3.63, 3.8) is 0 Å². The van der Waals surface area contributed by atoms with Crippen LogP contribution in [0, 0.1) is 0 Å². The Balaban J connectivity index is 0.00000149. The molecule has 8 heteroatoms. The first-order valence-electron chi connectivity index (χ1n) is 11.2. The van der Waals surface area contributed by atoms with Gasteiger partial charge in [-0.3, -0.25) is 9.78 Å². The van der Waals surface area contributed by atoms with Crippen molar-refractivity contribution in [3.05, 3.63) is 71.3 Å². The molecule has 176 valence electrons. The number of hydrogen-bond donors (Lipinski definition) is 2. The molecular weight excluding hydrogens is 431 g/mol. The molecule has 1 aromatic carbocycles. The molecule has 0 amide bonds. The molecule has 1 aliphatic rings. The Morgan fingerprint density at radius 2 is 1.61 bits per heavy atom. The van der Waals surface area contributed by atoms with Crippen LogP contribution in [0.2, 0.25) is 0 Å². The number of aliphatic carboxylic acids is 1. The summed E-state index contributed by atoms with van der Waals surface area (Å²) in [4.78, 5) is 21.4. The largest absolute Gasteiger partial charge is 0.481 e. The number of carbonyl (C=O) groups is 1. The molecule has 2 N–H and O–H groups in total. The van der Waals surface area contributed by atoms with Gasteiger partial charge in [-0.25, -0.2) is 4.98 Å². The maximum atomic E-state index is 12.7. The molecule has 1 fully saturated rings. The Labute approximate surface area is 191 Å². The summed E-state index contributed by atoms with van der Waals surface area (Å²) >= 11 is 0. The van der Waals surface area contributed by atoms with Gasteiger partial charge in [0.05, 0.1) is 12.6 Å². The zero-order valence-electron chi connectivity index (χ0n) is 18.7. The second-order valence-corrected chi connectivity index (χ2v) is 7.98. The molecule has 1 aliphatic carbocycles. The molecule has 0 unspecified atom stereocenters. The number of pyridine rings is 1. The van der Waals surface area contributed by atoms with Crippen molar-refractivity contribution in [2.24, 2.45) is 0 Å². The van der Waals surface area contributed by atoms with Crippen LogP contribution in [0.15, 0.2) is 48.8 Å². The zero-order chi connectivity index (χ0) is 24.0. The van der Waals surface area contributed by atoms with Crippen LogP contribution in [-0.2, 0) is 17.4 Å². The molecule has 0 atom stereocenters. The van der Waals surface area contributed by atoms with Crippen molar-refractivity contribution in [1.82, 2.24) is 15.0 Å². The first-order chi connectivity index (χ1) is 15.8. The van der Waals surface area contributed by atoms with Crippen LogP contribution in [-0.4, -0.2) is 26.0 Å². The number of aromatic amines is 1. The average Bonchev–Trinajstić information content (AvgIpc) is 3.32. The van der Waals surface area contributed by atoms with Crippen LogP contribution in [0.1, 0.15) is 73.9 Å². The fraction of sp³-hybridized carbons (Fsp3) is 0.400. The Bertz CT molecular complexity index is 1040. The van der Waals surface area contributed by atoms with E-state index in [4.69, 9.17) is 5.11 Å². The molecule has 0 spiro atoms. The molecule has 33 heavy (non-hydrogen) atoms. The normalized spacial score (nSPS) is 18.3. The minimum Gasteiger partial charge on any atom is -0.481 e. The summed E-state index contributed by atoms with van der Waals surface area (Å²) in [6, 6.07) is 11.4. The Hall–Kier alpha value is -3.16. The number of nitrogens with one attached hydrogen (secondary N) is 1. The quantitative estimate of drug-likeness (QED) is 0.451. The van der Waals surface area contributed by atoms with Crippen molar-refractivity contribution >= 4 is 5.97 Å². The average molecular weight is 460 g/mol. The van der Waals surface area contributed by atoms with Gasteiger partial charge in [0.15, 0.2) is 0 Å². The molecule has 3 aromatic rings. The molecule has 0 bridgehead atoms. The van der Waals surface area contributed by atoms with Crippen molar-refractivity contribution < 1.29 is 23.1 Å². The van der Waals surface area contributed by atoms with Crippen molar-refractivity contribution in [2.75, 3.05) is 0 Å². The maximum absolute atomic E-state index is 12.7. The van der Waals surface area contributed by atoms with Crippen molar-refractivity contribution in [2.45, 2.75) is 64.0 Å². The highest BCUT2D eigenvalue weighted by molar-refractivity contribution is 5.70. The molecular formula is C25H28F3N3O2. The monoisotopic (exact) mass is 459 g/mol. The van der Waals surface area contributed by atoms with Gasteiger partial charge in [0.25, 0.3) is 0 Å². The molecule has 5 nitrogen and oxygen atoms in total. The Kier molecular flexibility index (Phi) is 7.89. The third-order valence-corrected chi connectivity index (χ3v) is 5.89. The van der Waals surface area contributed by atoms with E-state index < -0.39 is 17.8 Å². The van der Waals surface area contributed by atoms with E-state index in [1.54, 1.807) is 12.3 Å². The van der Waals surface area contributed by atoms with Gasteiger partial charge >= 0.3 is 12.1 Å². The van der Waals surface area contributed by atoms with Crippen LogP contribution in [0.3, 0.4) is 0 Å². The molecule has 2 heterocycles. The van der Waals surface area contributed by atoms with E-state index in [-0.39, 0.29) is 12.2 Å². The zero-order valence-corrected chi connectivity index (χ0v) is 18.7. The first-order valence-corrected chi connectivity index (χ1v) is 11.2. The van der Waals surface area contributed by atoms with E-state index in [0.29, 0.717) is 17.4 Å². The van der Waals surface area contributed by atoms with Gasteiger partial charge < -0.3 is 10.1 Å². The summed E-state index contributed by atoms with van der Waals surface area (Å²) in [7, 11) is 0. The predicted molar refractivity (Wildman–Crippen MR) is 120 cm³/mol. The number of rotatable bonds is 5. The summed E-state index contributed by atoms with van der Waals surface area (Å²) < 4.78 is 38.2. The van der Waals surface area contributed by atoms with Crippen LogP contribution in [0.5, 0.6) is 0 Å². The van der Waals surface area contributed by atoms with Crippen LogP contribution in [0.4, 0.5) is 13.2 Å². The van der Waals surface area contributed by atoms with Crippen LogP contribution < -0.4 is 0 Å². The standard InChI is InChI=1S/C23H22F3N3O2.C2H6/c24-23(25,26)20-13-28-22(29-20)18-9-10-19(27-12-18)17-7-5-16(6-8-17)15-3-1-14(2-4-15)11-21(30)31;1-2/h1-4,9-10,12-13,16-17H,5-8,11H2,(H,28,29)(H,30,31);1-2H3. The molecule has 0 saturated heterocycles. The van der Waals surface area contributed by atoms with Gasteiger partial charge in [0.1, 0.15) is 11.5 Å². The highest BCUT2D eigenvalue weighted by Gasteiger charge is 2.33. The van der Waals surface area contributed by atoms with E-state index in [1.807, 2.05) is 44.2 Å². The Morgan fingerprint density at radius 3 is 2.12 bits per heavy atom. The number of carboxylic acid groups (broad SMARTS) is 1. The summed E-state index contributed by atoms with van der Waals surface area (Å²) in [5.41, 5.74) is 2.62. The topological polar surface area (TPSA) is 78.9 Å². The van der Waals surface area contributed by atoms with Gasteiger partial charge in [0, 0.05) is 23.4 Å². The first kappa shape index (κ1) is 24.5. The molecule has 0 radical (unpaired) electrons. The number of carboxylic acids is 1. The molecule has 0 aliphatic heterocycles. The number of alkyl halides is 3. The number of benzene rings is 1. The fourth-order valence-corrected chi connectivity index (χ4v) is 4.20. The van der Waals surface area contributed by atoms with Crippen LogP contribution >= 0.6 is 0 Å². The van der Waals surface area contributed by atoms with E-state index in [2.05, 4.69) is 15.0 Å². The summed E-state index contributed by atoms with van der Waals surface area (Å²) in [5.74, 6) is 0.0817. The number of halogens is 3. The van der Waals surface area contributed by atoms with Crippen molar-refractivity contribution in [1.29, 1.82) is 0 Å². The highest BCUT2D eigenvalue weighted by Crippen LogP contribution is 2.40. The van der Waals surface area contributed by atoms with Gasteiger partial charge in [0.2, 0.25) is 0 Å². The third kappa shape index (κ3) is 6.21. The fourth-order valence-electron chi connectivity index (χ4n) is 4.20. The van der Waals surface area contributed by atoms with Crippen LogP contribution in [0.25, 0.3) is 11.4 Å². The van der Waals surface area contributed by atoms with E-state index in [1.165, 1.54) is 5.56 Å². The van der Waals surface area contributed by atoms with Gasteiger partial charge in [-0.1, -0.05) is 38.1 Å². The minimum absolute atomic E-state index is 0.0320. The van der Waals surface area contributed by atoms with Gasteiger partial charge in [-0.05, 0) is 54.9 Å². The van der Waals surface area contributed by atoms with Gasteiger partial charge in [-0.15, -0.1) is 0 Å². The number of hydrogen-bond acceptors (Lipinski definition) is 3. The van der Waals surface area contributed by atoms with E-state index >= 15 is 0 Å². The molecule has 1 saturated carbocycles. The van der Waals surface area contributed by atoms with E-state index in [0.717, 1.165) is 43.1 Å². The lowest BCUT2D eigenvalue weighted by atomic mass is 9.77. The lowest BCUT2D eigenvalue weighted by molar-refractivity contribution is -0.141. The number of imidazole rings is 1. The lowest BCUT2D eigenvalue weighted by Gasteiger charge is -2.28. The minimum atomic E-state index is -4.45. The predicted octanol–water partition coefficient (Wildman–Crippen LogP) is 6.59. The number of nitrogens with zero attached hydrogens (tertiary/aromatic N) is 2. The van der Waals surface area contributed by atoms with E-state index in [9.17, 15) is 18.0 Å². The second kappa shape index (κ2) is 10.6. The molecule has 2 aromatic heterocycles. The number of aromatic nitrogens is 3. The summed E-state index contributed by atoms with van der Waals surface area (Å²) in [6.07, 6.45) is 1.93. The Morgan fingerprint density at radius 1 is 0.970 bits per heavy atom. The van der Waals surface area contributed by atoms with Crippen molar-refractivity contribution in [3.8, 4) is 11.4 Å². The highest BCUT2D eigenvalue weighted by atomic mass is 19.4.